The molecule has 0 atom stereocenters. The fourth-order valence-electron chi connectivity index (χ4n) is 6.24. The maximum absolute atomic E-state index is 13.5. The Hall–Kier alpha value is -4.92. The highest BCUT2D eigenvalue weighted by Gasteiger charge is 2.29. The molecule has 1 amide bonds. The second-order valence-electron chi connectivity index (χ2n) is 12.7. The van der Waals surface area contributed by atoms with Gasteiger partial charge in [0.2, 0.25) is 0 Å². The zero-order valence-electron chi connectivity index (χ0n) is 28.8. The van der Waals surface area contributed by atoms with Gasteiger partial charge >= 0.3 is 0 Å². The van der Waals surface area contributed by atoms with Gasteiger partial charge in [0.1, 0.15) is 24.7 Å². The Bertz CT molecular complexity index is 1850. The summed E-state index contributed by atoms with van der Waals surface area (Å²) in [5, 5.41) is 7.31. The Morgan fingerprint density at radius 2 is 1.59 bits per heavy atom. The molecule has 8 nitrogen and oxygen atoms in total. The van der Waals surface area contributed by atoms with Crippen LogP contribution in [0.25, 0.3) is 22.5 Å². The molecule has 0 saturated heterocycles. The van der Waals surface area contributed by atoms with Crippen LogP contribution in [0.15, 0.2) is 95.5 Å². The van der Waals surface area contributed by atoms with Gasteiger partial charge in [-0.2, -0.15) is 0 Å². The summed E-state index contributed by atoms with van der Waals surface area (Å²) in [5.74, 6) is 1.66. The zero-order valence-corrected chi connectivity index (χ0v) is 28.8. The van der Waals surface area contributed by atoms with Crippen molar-refractivity contribution in [3.8, 4) is 33.9 Å². The van der Waals surface area contributed by atoms with Gasteiger partial charge in [-0.3, -0.25) is 9.69 Å². The molecule has 5 aromatic rings. The second-order valence-corrected chi connectivity index (χ2v) is 12.7. The summed E-state index contributed by atoms with van der Waals surface area (Å²) in [6, 6.07) is 30.6. The van der Waals surface area contributed by atoms with Gasteiger partial charge in [-0.25, -0.2) is 0 Å². The van der Waals surface area contributed by atoms with Gasteiger partial charge in [0.15, 0.2) is 11.5 Å². The lowest BCUT2D eigenvalue weighted by Gasteiger charge is -2.28. The summed E-state index contributed by atoms with van der Waals surface area (Å²) < 4.78 is 24.5. The first-order valence-electron chi connectivity index (χ1n) is 17.1. The molecule has 254 valence electrons. The minimum absolute atomic E-state index is 0.131. The SMILES string of the molecule is CCNC(=O)c1noc(-c2cc(C(C)C)c(OCc3ccccc3)cc2OCc2ccccc2)c1-c1ccc2c(c1)CCN(CCOC)C2. The van der Waals surface area contributed by atoms with E-state index in [1.54, 1.807) is 7.11 Å². The van der Waals surface area contributed by atoms with E-state index >= 15 is 0 Å². The van der Waals surface area contributed by atoms with E-state index in [-0.39, 0.29) is 17.5 Å². The highest BCUT2D eigenvalue weighted by Crippen LogP contribution is 2.45. The van der Waals surface area contributed by atoms with Crippen LogP contribution < -0.4 is 14.8 Å². The van der Waals surface area contributed by atoms with Crippen molar-refractivity contribution in [3.63, 3.8) is 0 Å². The van der Waals surface area contributed by atoms with Crippen molar-refractivity contribution < 1.29 is 23.5 Å². The first kappa shape index (κ1) is 34.0. The molecule has 6 rings (SSSR count). The average molecular weight is 660 g/mol. The summed E-state index contributed by atoms with van der Waals surface area (Å²) >= 11 is 0. The molecule has 4 aromatic carbocycles. The molecule has 0 aliphatic carbocycles. The van der Waals surface area contributed by atoms with E-state index < -0.39 is 0 Å². The van der Waals surface area contributed by atoms with Gasteiger partial charge < -0.3 is 24.1 Å². The first-order chi connectivity index (χ1) is 23.9. The lowest BCUT2D eigenvalue weighted by molar-refractivity contribution is 0.0947. The third-order valence-electron chi connectivity index (χ3n) is 8.90. The molecular weight excluding hydrogens is 614 g/mol. The smallest absolute Gasteiger partial charge is 0.274 e. The average Bonchev–Trinajstić information content (AvgIpc) is 3.58. The van der Waals surface area contributed by atoms with Crippen LogP contribution in [0.3, 0.4) is 0 Å². The number of rotatable bonds is 14. The monoisotopic (exact) mass is 659 g/mol. The van der Waals surface area contributed by atoms with Crippen molar-refractivity contribution in [1.29, 1.82) is 0 Å². The number of carbonyl (C=O) groups excluding carboxylic acids is 1. The Morgan fingerprint density at radius 1 is 0.898 bits per heavy atom. The molecular formula is C41H45N3O5. The van der Waals surface area contributed by atoms with Crippen LogP contribution in [-0.2, 0) is 30.9 Å². The molecule has 0 spiro atoms. The number of amides is 1. The lowest BCUT2D eigenvalue weighted by atomic mass is 9.91. The molecule has 0 saturated carbocycles. The zero-order chi connectivity index (χ0) is 34.2. The Balaban J connectivity index is 1.45. The molecule has 2 heterocycles. The number of hydrogen-bond acceptors (Lipinski definition) is 7. The maximum Gasteiger partial charge on any atom is 0.274 e. The molecule has 1 aliphatic heterocycles. The Morgan fingerprint density at radius 3 is 2.24 bits per heavy atom. The highest BCUT2D eigenvalue weighted by atomic mass is 16.5. The lowest BCUT2D eigenvalue weighted by Crippen LogP contribution is -2.33. The van der Waals surface area contributed by atoms with Crippen LogP contribution in [0.2, 0.25) is 0 Å². The van der Waals surface area contributed by atoms with E-state index in [0.29, 0.717) is 49.0 Å². The van der Waals surface area contributed by atoms with Gasteiger partial charge in [-0.1, -0.05) is 97.9 Å². The van der Waals surface area contributed by atoms with Crippen LogP contribution in [0.4, 0.5) is 0 Å². The summed E-state index contributed by atoms with van der Waals surface area (Å²) in [6.07, 6.45) is 0.903. The van der Waals surface area contributed by atoms with Crippen molar-refractivity contribution in [2.45, 2.75) is 52.9 Å². The molecule has 1 aromatic heterocycles. The number of methoxy groups -OCH3 is 1. The van der Waals surface area contributed by atoms with Crippen LogP contribution in [0.1, 0.15) is 65.0 Å². The number of benzene rings is 4. The predicted octanol–water partition coefficient (Wildman–Crippen LogP) is 8.04. The summed E-state index contributed by atoms with van der Waals surface area (Å²) in [5.41, 5.74) is 8.13. The van der Waals surface area contributed by atoms with E-state index in [1.165, 1.54) is 11.1 Å². The molecule has 8 heteroatoms. The first-order valence-corrected chi connectivity index (χ1v) is 17.1. The minimum Gasteiger partial charge on any atom is -0.488 e. The van der Waals surface area contributed by atoms with Gasteiger partial charge in [0.25, 0.3) is 5.91 Å². The Kier molecular flexibility index (Phi) is 11.1. The molecule has 0 radical (unpaired) electrons. The number of ether oxygens (including phenoxy) is 3. The number of nitrogens with one attached hydrogen (secondary N) is 1. The van der Waals surface area contributed by atoms with Gasteiger partial charge in [-0.05, 0) is 58.7 Å². The largest absolute Gasteiger partial charge is 0.488 e. The Labute approximate surface area is 289 Å². The normalized spacial score (nSPS) is 12.9. The van der Waals surface area contributed by atoms with Gasteiger partial charge in [0, 0.05) is 39.4 Å². The fraction of sp³-hybridized carbons (Fsp3) is 0.317. The van der Waals surface area contributed by atoms with Crippen LogP contribution in [0, 0.1) is 0 Å². The van der Waals surface area contributed by atoms with Crippen molar-refractivity contribution in [3.05, 3.63) is 125 Å². The second kappa shape index (κ2) is 16.0. The minimum atomic E-state index is -0.283. The maximum atomic E-state index is 13.5. The van der Waals surface area contributed by atoms with Crippen molar-refractivity contribution in [2.24, 2.45) is 0 Å². The van der Waals surface area contributed by atoms with E-state index in [0.717, 1.165) is 54.1 Å². The predicted molar refractivity (Wildman–Crippen MR) is 192 cm³/mol. The van der Waals surface area contributed by atoms with E-state index in [4.69, 9.17) is 18.7 Å². The molecule has 49 heavy (non-hydrogen) atoms. The van der Waals surface area contributed by atoms with E-state index in [1.807, 2.05) is 61.5 Å². The number of hydrogen-bond donors (Lipinski definition) is 1. The van der Waals surface area contributed by atoms with Crippen molar-refractivity contribution in [2.75, 3.05) is 33.4 Å². The highest BCUT2D eigenvalue weighted by molar-refractivity contribution is 6.02. The summed E-state index contributed by atoms with van der Waals surface area (Å²) in [4.78, 5) is 15.9. The van der Waals surface area contributed by atoms with E-state index in [2.05, 4.69) is 65.6 Å². The third kappa shape index (κ3) is 8.04. The third-order valence-corrected chi connectivity index (χ3v) is 8.90. The number of nitrogens with zero attached hydrogens (tertiary/aromatic N) is 2. The van der Waals surface area contributed by atoms with Crippen molar-refractivity contribution in [1.82, 2.24) is 15.4 Å². The number of fused-ring (bicyclic) bond motifs is 1. The molecule has 0 unspecified atom stereocenters. The molecule has 1 N–H and O–H groups in total. The molecule has 0 bridgehead atoms. The van der Waals surface area contributed by atoms with Crippen LogP contribution in [-0.4, -0.2) is 49.3 Å². The topological polar surface area (TPSA) is 86.1 Å². The fourth-order valence-corrected chi connectivity index (χ4v) is 6.24. The standard InChI is InChI=1S/C41H45N3O5/c1-5-42-41(45)39-38(32-16-17-33-25-44(20-21-46-4)19-18-31(33)22-32)40(49-43-39)35-23-34(28(2)3)36(47-26-29-12-8-6-9-13-29)24-37(35)48-27-30-14-10-7-11-15-30/h6-17,22-24,28H,5,18-21,25-27H2,1-4H3,(H,42,45). The summed E-state index contributed by atoms with van der Waals surface area (Å²) in [7, 11) is 1.74. The summed E-state index contributed by atoms with van der Waals surface area (Å²) in [6.45, 7) is 10.8. The van der Waals surface area contributed by atoms with Crippen LogP contribution in [0.5, 0.6) is 11.5 Å². The molecule has 1 aliphatic rings. The number of carbonyl (C=O) groups is 1. The van der Waals surface area contributed by atoms with Gasteiger partial charge in [0.05, 0.1) is 17.7 Å². The molecule has 0 fully saturated rings. The van der Waals surface area contributed by atoms with Crippen LogP contribution >= 0.6 is 0 Å². The van der Waals surface area contributed by atoms with Gasteiger partial charge in [-0.15, -0.1) is 0 Å². The number of aromatic nitrogens is 1. The van der Waals surface area contributed by atoms with Crippen molar-refractivity contribution >= 4 is 5.91 Å². The quantitative estimate of drug-likeness (QED) is 0.129. The van der Waals surface area contributed by atoms with E-state index in [9.17, 15) is 4.79 Å².